The van der Waals surface area contributed by atoms with E-state index >= 15 is 0 Å². The molecular weight excluding hydrogens is 465 g/mol. The largest absolute Gasteiger partial charge is 0.432 e. The third-order valence-corrected chi connectivity index (χ3v) is 6.05. The molecule has 1 aromatic rings. The van der Waals surface area contributed by atoms with E-state index in [9.17, 15) is 23.7 Å². The van der Waals surface area contributed by atoms with Gasteiger partial charge in [0.2, 0.25) is 5.91 Å². The normalized spacial score (nSPS) is 13.8. The van der Waals surface area contributed by atoms with E-state index < -0.39 is 25.5 Å². The van der Waals surface area contributed by atoms with Crippen LogP contribution in [0.25, 0.3) is 0 Å². The summed E-state index contributed by atoms with van der Waals surface area (Å²) in [6.07, 6.45) is 3.14. The lowest BCUT2D eigenvalue weighted by Gasteiger charge is -2.13. The Morgan fingerprint density at radius 3 is 2.21 bits per heavy atom. The Hall–Kier alpha value is -2.75. The zero-order chi connectivity index (χ0) is 25.0. The first-order chi connectivity index (χ1) is 16.1. The molecule has 34 heavy (non-hydrogen) atoms. The first-order valence-electron chi connectivity index (χ1n) is 11.3. The van der Waals surface area contributed by atoms with Crippen molar-refractivity contribution in [1.29, 1.82) is 0 Å². The molecule has 0 unspecified atom stereocenters. The van der Waals surface area contributed by atoms with E-state index in [-0.39, 0.29) is 24.9 Å². The van der Waals surface area contributed by atoms with Crippen molar-refractivity contribution in [3.8, 4) is 0 Å². The number of hydrogen-bond acceptors (Lipinski definition) is 6. The highest BCUT2D eigenvalue weighted by Crippen LogP contribution is 2.35. The second-order valence-electron chi connectivity index (χ2n) is 8.11. The fraction of sp³-hybridized carbons (Fsp3) is 0.545. The molecule has 1 fully saturated rings. The summed E-state index contributed by atoms with van der Waals surface area (Å²) in [4.78, 5) is 68.8. The minimum absolute atomic E-state index is 0.0505. The van der Waals surface area contributed by atoms with E-state index in [0.717, 1.165) is 17.5 Å². The first-order valence-corrected chi connectivity index (χ1v) is 13.1. The quantitative estimate of drug-likeness (QED) is 0.172. The predicted octanol–water partition coefficient (Wildman–Crippen LogP) is 1.81. The van der Waals surface area contributed by atoms with Crippen LogP contribution in [-0.2, 0) is 36.6 Å². The number of carbonyl (C=O) groups excluding carboxylic acids is 4. The number of aryl methyl sites for hydroxylation is 2. The van der Waals surface area contributed by atoms with Gasteiger partial charge >= 0.3 is 13.7 Å². The molecule has 4 amide bonds. The van der Waals surface area contributed by atoms with Crippen LogP contribution in [-0.4, -0.2) is 57.9 Å². The van der Waals surface area contributed by atoms with Gasteiger partial charge in [0.15, 0.2) is 0 Å². The maximum Gasteiger partial charge on any atom is 0.432 e. The minimum Gasteiger partial charge on any atom is -0.356 e. The number of rotatable bonds is 14. The minimum atomic E-state index is -3.97. The highest BCUT2D eigenvalue weighted by Gasteiger charge is 2.32. The van der Waals surface area contributed by atoms with Crippen LogP contribution in [0.3, 0.4) is 0 Å². The molecule has 12 heteroatoms. The number of amides is 4. The van der Waals surface area contributed by atoms with Crippen LogP contribution >= 0.6 is 7.60 Å². The summed E-state index contributed by atoms with van der Waals surface area (Å²) in [5.74, 6) is -1.12. The summed E-state index contributed by atoms with van der Waals surface area (Å²) in [7, 11) is -3.97. The number of unbranched alkanes of at least 4 members (excludes halogenated alkanes) is 1. The summed E-state index contributed by atoms with van der Waals surface area (Å²) in [6.45, 7) is 0.730. The van der Waals surface area contributed by atoms with E-state index in [1.807, 2.05) is 18.2 Å². The van der Waals surface area contributed by atoms with Gasteiger partial charge < -0.3 is 25.3 Å². The fourth-order valence-electron chi connectivity index (χ4n) is 3.41. The molecule has 0 aromatic heterocycles. The van der Waals surface area contributed by atoms with Crippen LogP contribution in [0.1, 0.15) is 56.1 Å². The van der Waals surface area contributed by atoms with Gasteiger partial charge in [-0.2, -0.15) is 0 Å². The smallest absolute Gasteiger partial charge is 0.356 e. The molecule has 0 saturated carbocycles. The van der Waals surface area contributed by atoms with E-state index in [1.165, 1.54) is 0 Å². The Labute approximate surface area is 198 Å². The van der Waals surface area contributed by atoms with Crippen LogP contribution in [0.2, 0.25) is 0 Å². The average Bonchev–Trinajstić information content (AvgIpc) is 3.08. The van der Waals surface area contributed by atoms with Crippen LogP contribution < -0.4 is 10.6 Å². The van der Waals surface area contributed by atoms with E-state index in [4.69, 9.17) is 14.6 Å². The maximum atomic E-state index is 11.9. The van der Waals surface area contributed by atoms with Crippen molar-refractivity contribution in [2.45, 2.75) is 57.8 Å². The molecule has 0 atom stereocenters. The summed E-state index contributed by atoms with van der Waals surface area (Å²) in [6, 6.07) is 7.97. The second kappa shape index (κ2) is 13.8. The number of hydrogen-bond donors (Lipinski definition) is 4. The van der Waals surface area contributed by atoms with Crippen molar-refractivity contribution < 1.29 is 38.4 Å². The van der Waals surface area contributed by atoms with Gasteiger partial charge in [0, 0.05) is 38.5 Å². The number of nitrogens with one attached hydrogen (secondary N) is 2. The highest BCUT2D eigenvalue weighted by molar-refractivity contribution is 7.51. The summed E-state index contributed by atoms with van der Waals surface area (Å²) in [5.41, 5.74) is 2.19. The third kappa shape index (κ3) is 10.9. The number of nitrogens with zero attached hydrogens (tertiary/aromatic N) is 1. The van der Waals surface area contributed by atoms with Crippen LogP contribution in [0.4, 0.5) is 4.79 Å². The van der Waals surface area contributed by atoms with Gasteiger partial charge in [0.05, 0.1) is 0 Å². The fourth-order valence-corrected chi connectivity index (χ4v) is 4.04. The summed E-state index contributed by atoms with van der Waals surface area (Å²) < 4.78 is 10.8. The Balaban J connectivity index is 1.58. The molecule has 1 aliphatic heterocycles. The molecule has 0 radical (unpaired) electrons. The lowest BCUT2D eigenvalue weighted by atomic mass is 10.0. The van der Waals surface area contributed by atoms with Crippen molar-refractivity contribution in [3.63, 3.8) is 0 Å². The molecule has 0 aliphatic carbocycles. The Morgan fingerprint density at radius 1 is 0.941 bits per heavy atom. The molecule has 1 saturated heterocycles. The molecule has 2 rings (SSSR count). The molecule has 0 bridgehead atoms. The molecule has 188 valence electrons. The van der Waals surface area contributed by atoms with Crippen molar-refractivity contribution in [2.24, 2.45) is 0 Å². The van der Waals surface area contributed by atoms with E-state index in [1.54, 1.807) is 0 Å². The first kappa shape index (κ1) is 27.5. The van der Waals surface area contributed by atoms with Gasteiger partial charge in [-0.05, 0) is 49.7 Å². The lowest BCUT2D eigenvalue weighted by molar-refractivity contribution is -0.171. The highest BCUT2D eigenvalue weighted by atomic mass is 31.2. The Morgan fingerprint density at radius 2 is 1.56 bits per heavy atom. The van der Waals surface area contributed by atoms with Crippen LogP contribution in [0.15, 0.2) is 24.3 Å². The maximum absolute atomic E-state index is 11.9. The van der Waals surface area contributed by atoms with Crippen molar-refractivity contribution in [2.75, 3.05) is 19.3 Å². The summed E-state index contributed by atoms with van der Waals surface area (Å²) >= 11 is 0. The molecule has 11 nitrogen and oxygen atoms in total. The summed E-state index contributed by atoms with van der Waals surface area (Å²) in [5, 5.41) is 5.79. The van der Waals surface area contributed by atoms with Crippen molar-refractivity contribution in [3.05, 3.63) is 35.4 Å². The van der Waals surface area contributed by atoms with Crippen molar-refractivity contribution in [1.82, 2.24) is 15.7 Å². The van der Waals surface area contributed by atoms with Gasteiger partial charge in [-0.3, -0.25) is 18.9 Å². The van der Waals surface area contributed by atoms with Crippen molar-refractivity contribution >= 4 is 31.4 Å². The van der Waals surface area contributed by atoms with Crippen LogP contribution in [0, 0.1) is 0 Å². The Bertz CT molecular complexity index is 901. The third-order valence-electron chi connectivity index (χ3n) is 5.15. The zero-order valence-electron chi connectivity index (χ0n) is 19.0. The Kier molecular flexibility index (Phi) is 11.2. The molecular formula is C22H32N3O8P. The predicted molar refractivity (Wildman–Crippen MR) is 122 cm³/mol. The van der Waals surface area contributed by atoms with E-state index in [2.05, 4.69) is 16.7 Å². The van der Waals surface area contributed by atoms with Gasteiger partial charge in [0.25, 0.3) is 11.8 Å². The van der Waals surface area contributed by atoms with Crippen LogP contribution in [0.5, 0.6) is 0 Å². The van der Waals surface area contributed by atoms with Gasteiger partial charge in [-0.25, -0.2) is 4.79 Å². The number of carbonyl (C=O) groups is 4. The SMILES string of the molecule is O=C(CCCc1cccc(CCCNC(=O)ON2C(=O)CCC2=O)c1)NCCCCP(=O)(O)O. The topological polar surface area (TPSA) is 162 Å². The van der Waals surface area contributed by atoms with Gasteiger partial charge in [-0.15, -0.1) is 5.06 Å². The standard InChI is InChI=1S/C22H32N3O8P/c26-19(23-13-1-2-15-34(30,31)32)10-4-8-17-6-3-7-18(16-17)9-5-14-24-22(29)33-25-20(27)11-12-21(25)28/h3,6-7,16H,1-2,4-5,8-15H2,(H,23,26)(H,24,29)(H2,30,31,32). The zero-order valence-corrected chi connectivity index (χ0v) is 19.9. The number of benzene rings is 1. The number of hydroxylamine groups is 2. The average molecular weight is 497 g/mol. The lowest BCUT2D eigenvalue weighted by Crippen LogP contribution is -2.37. The molecule has 1 aliphatic rings. The monoisotopic (exact) mass is 497 g/mol. The van der Waals surface area contributed by atoms with Gasteiger partial charge in [-0.1, -0.05) is 24.3 Å². The van der Waals surface area contributed by atoms with E-state index in [0.29, 0.717) is 56.7 Å². The molecule has 1 aromatic carbocycles. The molecule has 4 N–H and O–H groups in total. The molecule has 1 heterocycles. The molecule has 0 spiro atoms. The van der Waals surface area contributed by atoms with Gasteiger partial charge in [0.1, 0.15) is 0 Å². The second-order valence-corrected chi connectivity index (χ2v) is 9.89. The number of imide groups is 1.